The fourth-order valence-corrected chi connectivity index (χ4v) is 18.9. The van der Waals surface area contributed by atoms with Crippen LogP contribution in [0.15, 0.2) is 115 Å². The molecular weight excluding hydrogens is 1450 g/mol. The summed E-state index contributed by atoms with van der Waals surface area (Å²) in [5.41, 5.74) is -1.13. The van der Waals surface area contributed by atoms with E-state index in [0.717, 1.165) is 57.1 Å². The number of benzene rings is 5. The number of methoxy groups -OCH3 is 5. The number of carbonyl (C=O) groups is 7. The Morgan fingerprint density at radius 3 is 1.80 bits per heavy atom. The molecule has 7 aliphatic rings. The molecule has 12 unspecified atom stereocenters. The number of amides is 5. The summed E-state index contributed by atoms with van der Waals surface area (Å²) >= 11 is 0. The van der Waals surface area contributed by atoms with Crippen LogP contribution in [0.3, 0.4) is 0 Å². The number of esters is 1. The molecule has 0 saturated carbocycles. The van der Waals surface area contributed by atoms with Crippen molar-refractivity contribution in [1.29, 1.82) is 0 Å². The number of hydrogen-bond donors (Lipinski definition) is 8. The van der Waals surface area contributed by atoms with Crippen molar-refractivity contribution in [3.63, 3.8) is 0 Å². The van der Waals surface area contributed by atoms with Crippen LogP contribution in [-0.2, 0) is 71.4 Å². The van der Waals surface area contributed by atoms with Crippen LogP contribution < -0.4 is 69.9 Å². The van der Waals surface area contributed by atoms with Gasteiger partial charge >= 0.3 is 13.8 Å². The van der Waals surface area contributed by atoms with Gasteiger partial charge in [-0.3, -0.25) is 33.3 Å². The second-order valence-corrected chi connectivity index (χ2v) is 32.5. The third-order valence-corrected chi connectivity index (χ3v) is 24.2. The van der Waals surface area contributed by atoms with Gasteiger partial charge in [-0.25, -0.2) is 9.36 Å². The van der Waals surface area contributed by atoms with Crippen LogP contribution in [-0.4, -0.2) is 208 Å². The van der Waals surface area contributed by atoms with Gasteiger partial charge in [0.1, 0.15) is 82.9 Å². The number of Topliss-reactive ketones (excluding diaryl/α,β-unsaturated/α-hetero) is 1. The molecule has 0 bridgehead atoms. The van der Waals surface area contributed by atoms with Crippen LogP contribution in [0, 0.1) is 5.41 Å². The molecule has 0 aromatic heterocycles. The SMILES string of the molecule is COC(=O)[C@H](Cc1ccc(OCC2(C(=O)C(C)(C)C)OCCC2OP(=O)(Oc2ccccc2)Oc2ccccc2)cc1OC)NC(=O)C1CCC(C2CCC(C3CCCN3)N2)N1C(=O)[C@H](Cc1c(OC)cc(OC)cc1OC)NC(=O)C1CCC(C2CCC(C3CCCN3C(=O)[C@H](Cc3ccc(O)cc3)NC(C)=O)N2)N1. The van der Waals surface area contributed by atoms with Crippen molar-refractivity contribution in [1.82, 2.24) is 47.0 Å². The van der Waals surface area contributed by atoms with Gasteiger partial charge in [0.25, 0.3) is 0 Å². The highest BCUT2D eigenvalue weighted by molar-refractivity contribution is 7.49. The smallest absolute Gasteiger partial charge is 0.508 e. The fourth-order valence-electron chi connectivity index (χ4n) is 17.4. The van der Waals surface area contributed by atoms with Gasteiger partial charge in [-0.15, -0.1) is 0 Å². The zero-order chi connectivity index (χ0) is 78.7. The number of carbonyl (C=O) groups excluding carboxylic acids is 7. The first-order chi connectivity index (χ1) is 53.4. The minimum Gasteiger partial charge on any atom is -0.508 e. The molecule has 111 heavy (non-hydrogen) atoms. The maximum Gasteiger partial charge on any atom is 0.587 e. The Morgan fingerprint density at radius 2 is 1.19 bits per heavy atom. The van der Waals surface area contributed by atoms with E-state index in [1.807, 2.05) is 4.90 Å². The first-order valence-electron chi connectivity index (χ1n) is 38.8. The van der Waals surface area contributed by atoms with Gasteiger partial charge < -0.3 is 94.3 Å². The second kappa shape index (κ2) is 36.2. The van der Waals surface area contributed by atoms with Crippen molar-refractivity contribution in [3.8, 4) is 46.0 Å². The number of ether oxygens (including phenoxy) is 7. The molecule has 600 valence electrons. The van der Waals surface area contributed by atoms with E-state index in [1.54, 1.807) is 141 Å². The normalized spacial score (nSPS) is 26.0. The minimum absolute atomic E-state index is 0.0371. The van der Waals surface area contributed by atoms with Crippen molar-refractivity contribution in [2.75, 3.05) is 61.9 Å². The van der Waals surface area contributed by atoms with E-state index in [0.29, 0.717) is 60.6 Å². The number of rotatable bonds is 32. The van der Waals surface area contributed by atoms with Gasteiger partial charge in [-0.05, 0) is 137 Å². The highest BCUT2D eigenvalue weighted by Gasteiger charge is 2.59. The molecule has 5 aromatic carbocycles. The number of para-hydroxylation sites is 2. The Kier molecular flexibility index (Phi) is 26.6. The maximum absolute atomic E-state index is 16.4. The van der Waals surface area contributed by atoms with Gasteiger partial charge in [-0.2, -0.15) is 0 Å². The summed E-state index contributed by atoms with van der Waals surface area (Å²) in [5.74, 6) is -1.13. The lowest BCUT2D eigenvalue weighted by molar-refractivity contribution is -0.159. The Morgan fingerprint density at radius 1 is 0.586 bits per heavy atom. The number of phosphoric ester groups is 1. The Labute approximate surface area is 649 Å². The van der Waals surface area contributed by atoms with Crippen molar-refractivity contribution < 1.29 is 90.0 Å². The molecule has 0 radical (unpaired) electrons. The average molecular weight is 1550 g/mol. The molecule has 12 rings (SSSR count). The molecule has 29 heteroatoms. The lowest BCUT2D eigenvalue weighted by Crippen LogP contribution is -2.62. The number of nitrogens with one attached hydrogen (secondary N) is 7. The summed E-state index contributed by atoms with van der Waals surface area (Å²) in [7, 11) is 2.59. The summed E-state index contributed by atoms with van der Waals surface area (Å²) in [4.78, 5) is 107. The van der Waals surface area contributed by atoms with Gasteiger partial charge in [0, 0.05) is 117 Å². The zero-order valence-corrected chi connectivity index (χ0v) is 65.7. The van der Waals surface area contributed by atoms with Gasteiger partial charge in [0.05, 0.1) is 48.2 Å². The van der Waals surface area contributed by atoms with E-state index >= 15 is 14.4 Å². The lowest BCUT2D eigenvalue weighted by Gasteiger charge is -2.37. The van der Waals surface area contributed by atoms with Crippen LogP contribution in [0.4, 0.5) is 0 Å². The van der Waals surface area contributed by atoms with Crippen molar-refractivity contribution >= 4 is 49.1 Å². The highest BCUT2D eigenvalue weighted by atomic mass is 31.2. The molecule has 5 amide bonds. The number of phenols is 1. The molecule has 7 saturated heterocycles. The molecule has 8 N–H and O–H groups in total. The van der Waals surface area contributed by atoms with E-state index in [4.69, 9.17) is 46.7 Å². The number of phosphoric acid groups is 1. The van der Waals surface area contributed by atoms with Crippen molar-refractivity contribution in [3.05, 3.63) is 132 Å². The number of ketones is 1. The van der Waals surface area contributed by atoms with Crippen LogP contribution >= 0.6 is 7.82 Å². The minimum atomic E-state index is -4.57. The van der Waals surface area contributed by atoms with E-state index in [1.165, 1.54) is 42.5 Å². The lowest BCUT2D eigenvalue weighted by atomic mass is 9.78. The molecule has 0 aliphatic carbocycles. The second-order valence-electron chi connectivity index (χ2n) is 31.1. The maximum atomic E-state index is 16.4. The average Bonchev–Trinajstić information content (AvgIpc) is 1.67. The first-order valence-corrected chi connectivity index (χ1v) is 40.3. The monoisotopic (exact) mass is 1550 g/mol. The molecular formula is C82H108N9O19P. The first kappa shape index (κ1) is 81.5. The predicted molar refractivity (Wildman–Crippen MR) is 411 cm³/mol. The van der Waals surface area contributed by atoms with Gasteiger partial charge in [0.2, 0.25) is 29.5 Å². The number of phenolic OH excluding ortho intramolecular Hbond substituents is 1. The molecule has 28 nitrogen and oxygen atoms in total. The number of likely N-dealkylation sites (tertiary alicyclic amines) is 2. The third kappa shape index (κ3) is 19.2. The number of nitrogens with zero attached hydrogens (tertiary/aromatic N) is 2. The zero-order valence-electron chi connectivity index (χ0n) is 64.8. The Balaban J connectivity index is 0.778. The quantitative estimate of drug-likeness (QED) is 0.0154. The van der Waals surface area contributed by atoms with Crippen LogP contribution in [0.25, 0.3) is 0 Å². The summed E-state index contributed by atoms with van der Waals surface area (Å²) in [6.45, 7) is 7.68. The summed E-state index contributed by atoms with van der Waals surface area (Å²) in [6, 6.07) is 25.5. The highest BCUT2D eigenvalue weighted by Crippen LogP contribution is 2.54. The van der Waals surface area contributed by atoms with Crippen LogP contribution in [0.1, 0.15) is 128 Å². The van der Waals surface area contributed by atoms with Gasteiger partial charge in [0.15, 0.2) is 11.4 Å². The van der Waals surface area contributed by atoms with Crippen LogP contribution in [0.2, 0.25) is 0 Å². The van der Waals surface area contributed by atoms with Gasteiger partial charge in [-0.1, -0.05) is 75.4 Å². The summed E-state index contributed by atoms with van der Waals surface area (Å²) in [5, 5.41) is 34.0. The number of aromatic hydroxyl groups is 1. The van der Waals surface area contributed by atoms with E-state index in [2.05, 4.69) is 37.2 Å². The summed E-state index contributed by atoms with van der Waals surface area (Å²) < 4.78 is 75.0. The van der Waals surface area contributed by atoms with E-state index < -0.39 is 97.3 Å². The van der Waals surface area contributed by atoms with E-state index in [-0.39, 0.29) is 122 Å². The molecule has 0 spiro atoms. The summed E-state index contributed by atoms with van der Waals surface area (Å²) in [6.07, 6.45) is 7.30. The molecule has 15 atom stereocenters. The van der Waals surface area contributed by atoms with Crippen LogP contribution in [0.5, 0.6) is 46.0 Å². The third-order valence-electron chi connectivity index (χ3n) is 22.8. The largest absolute Gasteiger partial charge is 0.587 e. The Bertz CT molecular complexity index is 4060. The topological polar surface area (TPSA) is 340 Å². The fraction of sp³-hybridized carbons (Fsp3) is 0.549. The van der Waals surface area contributed by atoms with Crippen molar-refractivity contribution in [2.45, 2.75) is 221 Å². The Hall–Kier alpha value is -9.02. The molecule has 7 fully saturated rings. The standard InChI is InChI=1S/C82H108N9O19P/c1-49(92)84-65(42-50-24-27-52(93)28-25-50)77(96)90-40-17-23-68(90)62-33-31-60(86-62)61-32-35-64(87-61)75(94)88-66(47-57-72(103-7)45-56(101-5)46-73(57)104-8)78(97)91-69(63-34-30-59(85-63)58-22-16-39-83-58)36-37-70(91)76(95)89-67(79(98)105-9)43-51-26-29-55(44-71(51)102-6)106-48-82(80(99)81(2,3)4)74(38-41-107-82)110-111(100,108-53-18-12-10-13-19-53)109-54-20-14-11-15-21-54/h10-15,18-21,24-29,44-46,58-70,74,83,85-87,93H,16-17,22-23,30-43,47-48H2,1-9H3,(H,84,92)(H,88,94)(H,89,95)/t58?,59?,60?,61?,62?,63?,64?,65-,66-,67-,68?,69?,70?,74?,82?/m0/s1. The molecule has 7 heterocycles. The predicted octanol–water partition coefficient (Wildman–Crippen LogP) is 7.37. The number of hydrogen-bond acceptors (Lipinski definition) is 23. The molecule has 5 aromatic rings. The molecule has 7 aliphatic heterocycles. The van der Waals surface area contributed by atoms with Crippen molar-refractivity contribution in [2.24, 2.45) is 5.41 Å². The van der Waals surface area contributed by atoms with E-state index in [9.17, 15) is 28.8 Å².